The monoisotopic (exact) mass is 311 g/mol. The molecule has 3 aliphatic rings. The second kappa shape index (κ2) is 7.55. The van der Waals surface area contributed by atoms with E-state index in [0.717, 1.165) is 31.3 Å². The van der Waals surface area contributed by atoms with E-state index in [9.17, 15) is 0 Å². The average Bonchev–Trinajstić information content (AvgIpc) is 3.24. The van der Waals surface area contributed by atoms with Gasteiger partial charge in [-0.1, -0.05) is 6.92 Å². The van der Waals surface area contributed by atoms with Crippen LogP contribution >= 0.6 is 0 Å². The van der Waals surface area contributed by atoms with Gasteiger partial charge in [0.15, 0.2) is 5.90 Å². The van der Waals surface area contributed by atoms with Gasteiger partial charge >= 0.3 is 0 Å². The Hall–Kier alpha value is -0.570. The maximum absolute atomic E-state index is 6.12. The minimum absolute atomic E-state index is 0.0470. The molecule has 0 N–H and O–H groups in total. The molecular weight excluding hydrogens is 286 g/mol. The zero-order valence-corrected chi connectivity index (χ0v) is 14.2. The van der Waals surface area contributed by atoms with Gasteiger partial charge in [-0.2, -0.15) is 0 Å². The molecule has 3 heteroatoms. The molecule has 0 unspecified atom stereocenters. The molecule has 0 aromatic rings. The summed E-state index contributed by atoms with van der Waals surface area (Å²) in [7, 11) is 0. The third kappa shape index (κ3) is 4.29. The van der Waals surface area contributed by atoms with Crippen LogP contribution in [0.4, 0.5) is 0 Å². The predicted octanol–water partition coefficient (Wildman–Crippen LogP) is 3.56. The summed E-state index contributed by atoms with van der Waals surface area (Å²) in [4.78, 5) is 4.76. The smallest absolute Gasteiger partial charge is 0.192 e. The number of nitrogens with zero attached hydrogens (tertiary/aromatic N) is 1. The van der Waals surface area contributed by atoms with Crippen molar-refractivity contribution in [3.63, 3.8) is 0 Å². The molecule has 2 saturated carbocycles. The van der Waals surface area contributed by atoms with Crippen molar-refractivity contribution in [3.8, 4) is 0 Å². The first-order valence-electron chi connectivity index (χ1n) is 8.34. The van der Waals surface area contributed by atoms with E-state index < -0.39 is 0 Å². The Labute approximate surface area is 142 Å². The lowest BCUT2D eigenvalue weighted by Gasteiger charge is -2.29. The van der Waals surface area contributed by atoms with Crippen LogP contribution in [0.3, 0.4) is 0 Å². The molecule has 0 spiro atoms. The zero-order valence-electron chi connectivity index (χ0n) is 14.2. The van der Waals surface area contributed by atoms with Crippen molar-refractivity contribution >= 4 is 5.90 Å². The van der Waals surface area contributed by atoms with E-state index in [1.165, 1.54) is 11.8 Å². The molecule has 3 rings (SSSR count). The number of ether oxygens (including phenoxy) is 2. The molecule has 1 aliphatic heterocycles. The van der Waals surface area contributed by atoms with Crippen molar-refractivity contribution in [2.45, 2.75) is 45.3 Å². The first kappa shape index (κ1) is 17.3. The first-order chi connectivity index (χ1) is 11.1. The van der Waals surface area contributed by atoms with E-state index in [-0.39, 0.29) is 11.6 Å². The molecule has 0 amide bonds. The summed E-state index contributed by atoms with van der Waals surface area (Å²) in [6.45, 7) is 7.63. The molecule has 1 atom stereocenters. The molecule has 1 heterocycles. The van der Waals surface area contributed by atoms with Crippen LogP contribution < -0.4 is 0 Å². The Morgan fingerprint density at radius 3 is 2.65 bits per heavy atom. The van der Waals surface area contributed by atoms with Crippen molar-refractivity contribution in [3.05, 3.63) is 62.7 Å². The van der Waals surface area contributed by atoms with Crippen LogP contribution in [0, 0.1) is 62.7 Å². The van der Waals surface area contributed by atoms with Crippen LogP contribution in [0.5, 0.6) is 0 Å². The fraction of sp³-hybridized carbons (Fsp3) is 0.450. The normalized spacial score (nSPS) is 27.6. The second-order valence-corrected chi connectivity index (χ2v) is 6.73. The molecule has 0 aromatic heterocycles. The minimum Gasteiger partial charge on any atom is -0.478 e. The van der Waals surface area contributed by atoms with E-state index in [2.05, 4.69) is 59.3 Å². The number of aliphatic imine (C=N–C) groups is 1. The van der Waals surface area contributed by atoms with Gasteiger partial charge in [-0.15, -0.1) is 0 Å². The van der Waals surface area contributed by atoms with E-state index in [0.29, 0.717) is 6.61 Å². The predicted molar refractivity (Wildman–Crippen MR) is 91.9 cm³/mol. The van der Waals surface area contributed by atoms with Crippen LogP contribution in [-0.4, -0.2) is 30.8 Å². The van der Waals surface area contributed by atoms with Crippen molar-refractivity contribution in [2.24, 2.45) is 4.99 Å². The van der Waals surface area contributed by atoms with Gasteiger partial charge in [0.05, 0.1) is 11.5 Å². The Bertz CT molecular complexity index is 412. The van der Waals surface area contributed by atoms with E-state index in [4.69, 9.17) is 14.5 Å². The van der Waals surface area contributed by atoms with Gasteiger partial charge in [0.1, 0.15) is 12.6 Å². The topological polar surface area (TPSA) is 30.8 Å². The summed E-state index contributed by atoms with van der Waals surface area (Å²) in [6, 6.07) is 0.0470. The second-order valence-electron chi connectivity index (χ2n) is 6.73. The highest BCUT2D eigenvalue weighted by Gasteiger charge is 2.40. The molecule has 23 heavy (non-hydrogen) atoms. The van der Waals surface area contributed by atoms with Crippen molar-refractivity contribution in [1.29, 1.82) is 0 Å². The molecule has 0 saturated heterocycles. The van der Waals surface area contributed by atoms with E-state index >= 15 is 0 Å². The quantitative estimate of drug-likeness (QED) is 0.673. The lowest BCUT2D eigenvalue weighted by molar-refractivity contribution is -0.0401. The van der Waals surface area contributed by atoms with Gasteiger partial charge in [0.25, 0.3) is 0 Å². The molecule has 2 fully saturated rings. The van der Waals surface area contributed by atoms with Gasteiger partial charge in [-0.05, 0) is 83.5 Å². The maximum atomic E-state index is 6.12. The lowest BCUT2D eigenvalue weighted by atomic mass is 9.97. The molecular formula is C20H25NO2. The molecule has 0 bridgehead atoms. The standard InChI is InChI=1S/C20H25NO2/c1-15-8-6-12-17(15)19-21-18(14-22-19)20(2,3)23-13-7-11-16-9-4-5-10-16/h4-6,8-10,12,18H,7,11,13-14H2,1-3H3/t18-/m0/s1. The first-order valence-corrected chi connectivity index (χ1v) is 8.34. The van der Waals surface area contributed by atoms with Crippen molar-refractivity contribution in [1.82, 2.24) is 0 Å². The molecule has 2 aliphatic carbocycles. The zero-order chi connectivity index (χ0) is 16.3. The fourth-order valence-electron chi connectivity index (χ4n) is 2.92. The van der Waals surface area contributed by atoms with Gasteiger partial charge < -0.3 is 9.47 Å². The average molecular weight is 311 g/mol. The van der Waals surface area contributed by atoms with Crippen LogP contribution in [-0.2, 0) is 9.47 Å². The highest BCUT2D eigenvalue weighted by atomic mass is 16.5. The SMILES string of the molecule is C[C]1[CH][CH][CH][C]1C1=N[C@H](C(C)(C)OCCC[C]2[CH][CH][CH][CH]2)CO1. The third-order valence-corrected chi connectivity index (χ3v) is 4.53. The summed E-state index contributed by atoms with van der Waals surface area (Å²) in [5.74, 6) is 4.44. The Balaban J connectivity index is 1.44. The van der Waals surface area contributed by atoms with Gasteiger partial charge in [0.2, 0.25) is 0 Å². The van der Waals surface area contributed by atoms with Gasteiger partial charge in [0, 0.05) is 6.61 Å². The summed E-state index contributed by atoms with van der Waals surface area (Å²) < 4.78 is 11.9. The highest BCUT2D eigenvalue weighted by molar-refractivity contribution is 5.98. The third-order valence-electron chi connectivity index (χ3n) is 4.53. The molecule has 10 radical (unpaired) electrons. The van der Waals surface area contributed by atoms with E-state index in [1.54, 1.807) is 0 Å². The van der Waals surface area contributed by atoms with Crippen molar-refractivity contribution < 1.29 is 9.47 Å². The van der Waals surface area contributed by atoms with Crippen LogP contribution in [0.2, 0.25) is 0 Å². The van der Waals surface area contributed by atoms with Crippen LogP contribution in [0.15, 0.2) is 4.99 Å². The molecule has 3 nitrogen and oxygen atoms in total. The number of rotatable bonds is 7. The summed E-state index contributed by atoms with van der Waals surface area (Å²) in [5.41, 5.74) is -0.311. The minimum atomic E-state index is -0.311. The molecule has 122 valence electrons. The highest BCUT2D eigenvalue weighted by Crippen LogP contribution is 2.37. The Morgan fingerprint density at radius 2 is 1.96 bits per heavy atom. The maximum Gasteiger partial charge on any atom is 0.192 e. The van der Waals surface area contributed by atoms with Crippen LogP contribution in [0.25, 0.3) is 0 Å². The summed E-state index contributed by atoms with van der Waals surface area (Å²) in [5, 5.41) is 0. The van der Waals surface area contributed by atoms with E-state index in [1.807, 2.05) is 6.42 Å². The largest absolute Gasteiger partial charge is 0.478 e. The van der Waals surface area contributed by atoms with Gasteiger partial charge in [-0.25, -0.2) is 4.99 Å². The lowest BCUT2D eigenvalue weighted by Crippen LogP contribution is -2.39. The number of hydrogen-bond donors (Lipinski definition) is 0. The fourth-order valence-corrected chi connectivity index (χ4v) is 2.92. The number of hydrogen-bond acceptors (Lipinski definition) is 3. The Kier molecular flexibility index (Phi) is 5.66. The Morgan fingerprint density at radius 1 is 1.17 bits per heavy atom. The van der Waals surface area contributed by atoms with Crippen molar-refractivity contribution in [2.75, 3.05) is 13.2 Å². The molecule has 0 aromatic carbocycles. The summed E-state index contributed by atoms with van der Waals surface area (Å²) in [6.07, 6.45) is 16.8. The van der Waals surface area contributed by atoms with Crippen LogP contribution in [0.1, 0.15) is 33.6 Å². The van der Waals surface area contributed by atoms with Gasteiger partial charge in [-0.3, -0.25) is 0 Å². The summed E-state index contributed by atoms with van der Waals surface area (Å²) >= 11 is 0.